The largest absolute Gasteiger partial charge is 1.00 e. The number of nitrogens with zero attached hydrogens (tertiary/aromatic N) is 4. The van der Waals surface area contributed by atoms with Crippen molar-refractivity contribution in [3.63, 3.8) is 0 Å². The summed E-state index contributed by atoms with van der Waals surface area (Å²) in [6.45, 7) is 0. The molecule has 116 valence electrons. The number of benzene rings is 1. The first-order chi connectivity index (χ1) is 10.1. The van der Waals surface area contributed by atoms with Gasteiger partial charge in [0.2, 0.25) is 0 Å². The van der Waals surface area contributed by atoms with Crippen molar-refractivity contribution in [2.24, 2.45) is 17.3 Å². The zero-order chi connectivity index (χ0) is 15.2. The Kier molecular flexibility index (Phi) is 6.65. The SMILES string of the molecule is CN(C)C(=O)Oc1ccc(N=Nc2ccccc2)[n+](C)c1.[Br-]. The maximum Gasteiger partial charge on any atom is 0.414 e. The summed E-state index contributed by atoms with van der Waals surface area (Å²) >= 11 is 0. The normalized spacial score (nSPS) is 10.1. The molecule has 1 amide bonds. The Labute approximate surface area is 139 Å². The molecule has 7 heteroatoms. The smallest absolute Gasteiger partial charge is 0.414 e. The second-order valence-electron chi connectivity index (χ2n) is 4.63. The van der Waals surface area contributed by atoms with Crippen LogP contribution in [0.15, 0.2) is 58.9 Å². The zero-order valence-corrected chi connectivity index (χ0v) is 14.2. The minimum atomic E-state index is -0.423. The summed E-state index contributed by atoms with van der Waals surface area (Å²) in [5.41, 5.74) is 0.778. The van der Waals surface area contributed by atoms with Crippen molar-refractivity contribution >= 4 is 17.6 Å². The minimum absolute atomic E-state index is 0. The number of azo groups is 1. The van der Waals surface area contributed by atoms with Gasteiger partial charge in [0.25, 0.3) is 0 Å². The van der Waals surface area contributed by atoms with Crippen LogP contribution in [0, 0.1) is 0 Å². The van der Waals surface area contributed by atoms with Crippen LogP contribution >= 0.6 is 0 Å². The first kappa shape index (κ1) is 17.8. The van der Waals surface area contributed by atoms with Gasteiger partial charge in [0.1, 0.15) is 11.9 Å². The predicted molar refractivity (Wildman–Crippen MR) is 77.9 cm³/mol. The van der Waals surface area contributed by atoms with Crippen LogP contribution in [0.2, 0.25) is 0 Å². The van der Waals surface area contributed by atoms with Crippen molar-refractivity contribution in [2.45, 2.75) is 0 Å². The maximum atomic E-state index is 11.5. The van der Waals surface area contributed by atoms with Gasteiger partial charge in [-0.25, -0.2) is 9.36 Å². The van der Waals surface area contributed by atoms with Crippen LogP contribution in [0.1, 0.15) is 0 Å². The van der Waals surface area contributed by atoms with Crippen LogP contribution in [0.5, 0.6) is 5.75 Å². The van der Waals surface area contributed by atoms with E-state index in [0.717, 1.165) is 5.69 Å². The van der Waals surface area contributed by atoms with Gasteiger partial charge >= 0.3 is 11.9 Å². The second-order valence-corrected chi connectivity index (χ2v) is 4.63. The van der Waals surface area contributed by atoms with Crippen molar-refractivity contribution in [2.75, 3.05) is 14.1 Å². The third kappa shape index (κ3) is 4.92. The molecule has 1 aromatic carbocycles. The lowest BCUT2D eigenvalue weighted by molar-refractivity contribution is -0.658. The van der Waals surface area contributed by atoms with Crippen LogP contribution in [0.4, 0.5) is 16.3 Å². The van der Waals surface area contributed by atoms with E-state index in [-0.39, 0.29) is 17.0 Å². The minimum Gasteiger partial charge on any atom is -1.00 e. The molecule has 2 aromatic rings. The third-order valence-electron chi connectivity index (χ3n) is 2.67. The lowest BCUT2D eigenvalue weighted by atomic mass is 10.3. The molecule has 0 fully saturated rings. The molecule has 0 bridgehead atoms. The van der Waals surface area contributed by atoms with E-state index >= 15 is 0 Å². The molecule has 22 heavy (non-hydrogen) atoms. The number of aromatic nitrogens is 1. The molecule has 0 aliphatic carbocycles. The van der Waals surface area contributed by atoms with Gasteiger partial charge in [0, 0.05) is 20.2 Å². The highest BCUT2D eigenvalue weighted by Crippen LogP contribution is 2.17. The highest BCUT2D eigenvalue weighted by atomic mass is 79.9. The van der Waals surface area contributed by atoms with E-state index in [4.69, 9.17) is 4.74 Å². The molecule has 6 nitrogen and oxygen atoms in total. The molecule has 2 rings (SSSR count). The molecule has 0 saturated carbocycles. The van der Waals surface area contributed by atoms with Gasteiger partial charge in [-0.3, -0.25) is 0 Å². The molecule has 0 spiro atoms. The Morgan fingerprint density at radius 1 is 1.09 bits per heavy atom. The Bertz CT molecular complexity index is 660. The Hall–Kier alpha value is -2.28. The van der Waals surface area contributed by atoms with Crippen molar-refractivity contribution in [3.8, 4) is 5.75 Å². The van der Waals surface area contributed by atoms with Gasteiger partial charge in [-0.05, 0) is 23.3 Å². The van der Waals surface area contributed by atoms with Crippen LogP contribution in [0.3, 0.4) is 0 Å². The molecular formula is C15H17BrN4O2. The average Bonchev–Trinajstić information content (AvgIpc) is 2.47. The number of carbonyl (C=O) groups is 1. The van der Waals surface area contributed by atoms with E-state index in [2.05, 4.69) is 10.2 Å². The highest BCUT2D eigenvalue weighted by molar-refractivity contribution is 5.69. The van der Waals surface area contributed by atoms with Crippen LogP contribution < -0.4 is 26.3 Å². The average molecular weight is 365 g/mol. The number of halogens is 1. The summed E-state index contributed by atoms with van der Waals surface area (Å²) in [7, 11) is 5.07. The number of hydrogen-bond donors (Lipinski definition) is 0. The lowest BCUT2D eigenvalue weighted by Gasteiger charge is -2.09. The molecule has 1 aromatic heterocycles. The topological polar surface area (TPSA) is 58.1 Å². The molecule has 1 heterocycles. The molecular weight excluding hydrogens is 348 g/mol. The van der Waals surface area contributed by atoms with E-state index in [0.29, 0.717) is 11.6 Å². The Morgan fingerprint density at radius 3 is 2.36 bits per heavy atom. The molecule has 0 unspecified atom stereocenters. The standard InChI is InChI=1S/C15H17N4O2.BrH/c1-18(2)15(20)21-13-9-10-14(19(3)11-13)17-16-12-7-5-4-6-8-12;/h4-11H,1-3H3;1H/q+1;/p-1. The molecule has 0 saturated heterocycles. The van der Waals surface area contributed by atoms with Gasteiger partial charge in [-0.15, -0.1) is 0 Å². The zero-order valence-electron chi connectivity index (χ0n) is 12.6. The fourth-order valence-corrected chi connectivity index (χ4v) is 1.53. The first-order valence-electron chi connectivity index (χ1n) is 6.42. The predicted octanol–water partition coefficient (Wildman–Crippen LogP) is -0.00910. The maximum absolute atomic E-state index is 11.5. The quantitative estimate of drug-likeness (QED) is 0.568. The molecule has 0 aliphatic rings. The Morgan fingerprint density at radius 2 is 1.77 bits per heavy atom. The molecule has 0 N–H and O–H groups in total. The summed E-state index contributed by atoms with van der Waals surface area (Å²) in [6.07, 6.45) is 1.26. The molecule has 0 radical (unpaired) electrons. The van der Waals surface area contributed by atoms with Crippen molar-refractivity contribution in [1.82, 2.24) is 4.90 Å². The van der Waals surface area contributed by atoms with E-state index in [9.17, 15) is 4.79 Å². The van der Waals surface area contributed by atoms with Gasteiger partial charge in [-0.1, -0.05) is 18.2 Å². The van der Waals surface area contributed by atoms with Gasteiger partial charge in [-0.2, -0.15) is 0 Å². The van der Waals surface area contributed by atoms with Crippen LogP contribution in [-0.2, 0) is 7.05 Å². The lowest BCUT2D eigenvalue weighted by Crippen LogP contribution is -3.00. The number of ether oxygens (including phenoxy) is 1. The van der Waals surface area contributed by atoms with E-state index in [1.807, 2.05) is 37.4 Å². The summed E-state index contributed by atoms with van der Waals surface area (Å²) in [5, 5.41) is 8.31. The van der Waals surface area contributed by atoms with Gasteiger partial charge in [0.05, 0.1) is 12.2 Å². The molecule has 0 aliphatic heterocycles. The summed E-state index contributed by atoms with van der Waals surface area (Å²) in [5.74, 6) is 1.11. The third-order valence-corrected chi connectivity index (χ3v) is 2.67. The monoisotopic (exact) mass is 364 g/mol. The highest BCUT2D eigenvalue weighted by Gasteiger charge is 2.12. The van der Waals surface area contributed by atoms with Crippen LogP contribution in [0.25, 0.3) is 0 Å². The number of amides is 1. The number of aryl methyl sites for hydroxylation is 1. The molecule has 0 atom stereocenters. The fourth-order valence-electron chi connectivity index (χ4n) is 1.53. The summed E-state index contributed by atoms with van der Waals surface area (Å²) < 4.78 is 6.91. The summed E-state index contributed by atoms with van der Waals surface area (Å²) in [6, 6.07) is 12.9. The first-order valence-corrected chi connectivity index (χ1v) is 6.42. The van der Waals surface area contributed by atoms with Gasteiger partial charge in [0.15, 0.2) is 5.75 Å². The Balaban J connectivity index is 0.00000242. The van der Waals surface area contributed by atoms with E-state index in [1.54, 1.807) is 37.0 Å². The van der Waals surface area contributed by atoms with Gasteiger partial charge < -0.3 is 26.6 Å². The fraction of sp³-hybridized carbons (Fsp3) is 0.200. The van der Waals surface area contributed by atoms with Crippen molar-refractivity contribution in [3.05, 3.63) is 48.7 Å². The van der Waals surface area contributed by atoms with Crippen LogP contribution in [-0.4, -0.2) is 25.1 Å². The number of rotatable bonds is 3. The summed E-state index contributed by atoms with van der Waals surface area (Å²) in [4.78, 5) is 12.8. The number of hydrogen-bond acceptors (Lipinski definition) is 4. The number of pyridine rings is 1. The van der Waals surface area contributed by atoms with Crippen molar-refractivity contribution < 1.29 is 31.1 Å². The van der Waals surface area contributed by atoms with E-state index < -0.39 is 6.09 Å². The van der Waals surface area contributed by atoms with Crippen molar-refractivity contribution in [1.29, 1.82) is 0 Å². The number of carbonyl (C=O) groups excluding carboxylic acids is 1. The van der Waals surface area contributed by atoms with E-state index in [1.165, 1.54) is 4.90 Å². The second kappa shape index (κ2) is 8.23.